The average Bonchev–Trinajstić information content (AvgIpc) is 3.00. The zero-order chi connectivity index (χ0) is 15.9. The summed E-state index contributed by atoms with van der Waals surface area (Å²) in [6, 6.07) is 6.77. The number of ether oxygens (including phenoxy) is 1. The van der Waals surface area contributed by atoms with E-state index in [9.17, 15) is 4.79 Å². The van der Waals surface area contributed by atoms with Crippen molar-refractivity contribution in [2.45, 2.75) is 6.54 Å². The first-order valence-corrected chi connectivity index (χ1v) is 7.37. The lowest BCUT2D eigenvalue weighted by atomic mass is 10.3. The second-order valence-corrected chi connectivity index (χ2v) is 5.36. The summed E-state index contributed by atoms with van der Waals surface area (Å²) in [5, 5.41) is 10.2. The minimum Gasteiger partial charge on any atom is -0.490 e. The lowest BCUT2D eigenvalue weighted by Crippen LogP contribution is -2.38. The van der Waals surface area contributed by atoms with E-state index in [1.54, 1.807) is 36.3 Å². The molecule has 0 spiro atoms. The Morgan fingerprint density at radius 1 is 1.41 bits per heavy atom. The smallest absolute Gasteiger partial charge is 0.317 e. The number of amides is 2. The molecule has 118 valence electrons. The Morgan fingerprint density at radius 2 is 2.23 bits per heavy atom. The van der Waals surface area contributed by atoms with E-state index in [0.29, 0.717) is 35.5 Å². The van der Waals surface area contributed by atoms with Crippen molar-refractivity contribution in [3.05, 3.63) is 46.2 Å². The SMILES string of the molecule is CN(Cc1ccn[nH]1)C(=O)NCCOc1cccc(Cl)c1Cl. The molecule has 1 aromatic carbocycles. The van der Waals surface area contributed by atoms with Gasteiger partial charge < -0.3 is 15.0 Å². The van der Waals surface area contributed by atoms with Gasteiger partial charge in [-0.1, -0.05) is 29.3 Å². The number of nitrogens with zero attached hydrogens (tertiary/aromatic N) is 2. The molecule has 0 fully saturated rings. The molecule has 0 radical (unpaired) electrons. The molecule has 0 aliphatic heterocycles. The third-order valence-electron chi connectivity index (χ3n) is 2.86. The van der Waals surface area contributed by atoms with Crippen LogP contribution >= 0.6 is 23.2 Å². The van der Waals surface area contributed by atoms with Crippen LogP contribution in [0.5, 0.6) is 5.75 Å². The maximum absolute atomic E-state index is 11.9. The normalized spacial score (nSPS) is 10.3. The van der Waals surface area contributed by atoms with E-state index in [0.717, 1.165) is 5.69 Å². The molecular formula is C14H16Cl2N4O2. The van der Waals surface area contributed by atoms with Crippen LogP contribution in [0.1, 0.15) is 5.69 Å². The first kappa shape index (κ1) is 16.5. The molecule has 0 bridgehead atoms. The minimum atomic E-state index is -0.199. The number of nitrogens with one attached hydrogen (secondary N) is 2. The van der Waals surface area contributed by atoms with Crippen LogP contribution in [0.25, 0.3) is 0 Å². The Balaban J connectivity index is 1.71. The number of halogens is 2. The van der Waals surface area contributed by atoms with E-state index < -0.39 is 0 Å². The number of H-pyrrole nitrogens is 1. The molecule has 0 saturated carbocycles. The molecule has 0 aliphatic carbocycles. The molecule has 1 heterocycles. The number of hydrogen-bond acceptors (Lipinski definition) is 3. The maximum atomic E-state index is 11.9. The second-order valence-electron chi connectivity index (χ2n) is 4.57. The molecule has 6 nitrogen and oxygen atoms in total. The number of carbonyl (C=O) groups is 1. The minimum absolute atomic E-state index is 0.199. The standard InChI is InChI=1S/C14H16Cl2N4O2/c1-20(9-10-5-6-18-19-10)14(21)17-7-8-22-12-4-2-3-11(15)13(12)16/h2-6H,7-9H2,1H3,(H,17,21)(H,18,19). The van der Waals surface area contributed by atoms with Crippen molar-refractivity contribution in [3.8, 4) is 5.75 Å². The Morgan fingerprint density at radius 3 is 2.95 bits per heavy atom. The number of benzene rings is 1. The van der Waals surface area contributed by atoms with Crippen molar-refractivity contribution in [2.24, 2.45) is 0 Å². The van der Waals surface area contributed by atoms with Crippen LogP contribution in [0.15, 0.2) is 30.5 Å². The summed E-state index contributed by atoms with van der Waals surface area (Å²) in [6.45, 7) is 1.10. The summed E-state index contributed by atoms with van der Waals surface area (Å²) in [5.41, 5.74) is 0.861. The topological polar surface area (TPSA) is 70.2 Å². The molecule has 0 saturated heterocycles. The fraction of sp³-hybridized carbons (Fsp3) is 0.286. The van der Waals surface area contributed by atoms with Crippen LogP contribution in [0, 0.1) is 0 Å². The highest BCUT2D eigenvalue weighted by Crippen LogP contribution is 2.31. The van der Waals surface area contributed by atoms with Crippen LogP contribution < -0.4 is 10.1 Å². The van der Waals surface area contributed by atoms with Crippen molar-refractivity contribution < 1.29 is 9.53 Å². The van der Waals surface area contributed by atoms with E-state index in [2.05, 4.69) is 15.5 Å². The van der Waals surface area contributed by atoms with Gasteiger partial charge in [0.05, 0.1) is 23.8 Å². The van der Waals surface area contributed by atoms with E-state index in [1.165, 1.54) is 0 Å². The van der Waals surface area contributed by atoms with Gasteiger partial charge in [-0.25, -0.2) is 4.79 Å². The van der Waals surface area contributed by atoms with Crippen molar-refractivity contribution >= 4 is 29.2 Å². The van der Waals surface area contributed by atoms with Gasteiger partial charge in [0.2, 0.25) is 0 Å². The molecule has 2 N–H and O–H groups in total. The Labute approximate surface area is 138 Å². The third-order valence-corrected chi connectivity index (χ3v) is 3.67. The van der Waals surface area contributed by atoms with E-state index >= 15 is 0 Å². The fourth-order valence-corrected chi connectivity index (χ4v) is 2.10. The highest BCUT2D eigenvalue weighted by Gasteiger charge is 2.09. The molecule has 0 unspecified atom stereocenters. The summed E-state index contributed by atoms with van der Waals surface area (Å²) in [4.78, 5) is 13.4. The van der Waals surface area contributed by atoms with Gasteiger partial charge in [0.25, 0.3) is 0 Å². The van der Waals surface area contributed by atoms with Gasteiger partial charge in [-0.3, -0.25) is 5.10 Å². The predicted octanol–water partition coefficient (Wildman–Crippen LogP) is 2.94. The van der Waals surface area contributed by atoms with E-state index in [4.69, 9.17) is 27.9 Å². The average molecular weight is 343 g/mol. The third kappa shape index (κ3) is 4.54. The zero-order valence-electron chi connectivity index (χ0n) is 12.0. The highest BCUT2D eigenvalue weighted by molar-refractivity contribution is 6.42. The van der Waals surface area contributed by atoms with Crippen molar-refractivity contribution in [1.82, 2.24) is 20.4 Å². The molecule has 2 rings (SSSR count). The maximum Gasteiger partial charge on any atom is 0.317 e. The molecule has 0 aliphatic rings. The molecule has 0 atom stereocenters. The van der Waals surface area contributed by atoms with Crippen molar-refractivity contribution in [2.75, 3.05) is 20.2 Å². The molecule has 8 heteroatoms. The largest absolute Gasteiger partial charge is 0.490 e. The second kappa shape index (κ2) is 7.91. The van der Waals surface area contributed by atoms with Crippen LogP contribution in [0.3, 0.4) is 0 Å². The van der Waals surface area contributed by atoms with E-state index in [-0.39, 0.29) is 6.03 Å². The Kier molecular flexibility index (Phi) is 5.91. The van der Waals surface area contributed by atoms with Gasteiger partial charge in [-0.05, 0) is 18.2 Å². The number of aromatic amines is 1. The Bertz CT molecular complexity index is 619. The summed E-state index contributed by atoms with van der Waals surface area (Å²) in [5.74, 6) is 0.495. The lowest BCUT2D eigenvalue weighted by molar-refractivity contribution is 0.203. The first-order chi connectivity index (χ1) is 10.6. The van der Waals surface area contributed by atoms with Gasteiger partial charge in [-0.2, -0.15) is 5.10 Å². The van der Waals surface area contributed by atoms with Crippen molar-refractivity contribution in [1.29, 1.82) is 0 Å². The van der Waals surface area contributed by atoms with Gasteiger partial charge in [-0.15, -0.1) is 0 Å². The highest BCUT2D eigenvalue weighted by atomic mass is 35.5. The van der Waals surface area contributed by atoms with Gasteiger partial charge >= 0.3 is 6.03 Å². The van der Waals surface area contributed by atoms with Gasteiger partial charge in [0, 0.05) is 13.2 Å². The predicted molar refractivity (Wildman–Crippen MR) is 85.4 cm³/mol. The van der Waals surface area contributed by atoms with Crippen LogP contribution in [0.4, 0.5) is 4.79 Å². The summed E-state index contributed by atoms with van der Waals surface area (Å²) >= 11 is 11.9. The van der Waals surface area contributed by atoms with Crippen LogP contribution in [0.2, 0.25) is 10.0 Å². The zero-order valence-corrected chi connectivity index (χ0v) is 13.5. The number of urea groups is 1. The number of aromatic nitrogens is 2. The first-order valence-electron chi connectivity index (χ1n) is 6.62. The van der Waals surface area contributed by atoms with Gasteiger partial charge in [0.1, 0.15) is 17.4 Å². The molecular weight excluding hydrogens is 327 g/mol. The van der Waals surface area contributed by atoms with Crippen LogP contribution in [-0.2, 0) is 6.54 Å². The molecule has 2 amide bonds. The Hall–Kier alpha value is -1.92. The number of hydrogen-bond donors (Lipinski definition) is 2. The van der Waals surface area contributed by atoms with Crippen LogP contribution in [-0.4, -0.2) is 41.3 Å². The number of rotatable bonds is 6. The lowest BCUT2D eigenvalue weighted by Gasteiger charge is -2.17. The monoisotopic (exact) mass is 342 g/mol. The quantitative estimate of drug-likeness (QED) is 0.793. The fourth-order valence-electron chi connectivity index (χ4n) is 1.75. The van der Waals surface area contributed by atoms with Gasteiger partial charge in [0.15, 0.2) is 0 Å². The summed E-state index contributed by atoms with van der Waals surface area (Å²) in [7, 11) is 1.70. The molecule has 1 aromatic heterocycles. The summed E-state index contributed by atoms with van der Waals surface area (Å²) in [6.07, 6.45) is 1.64. The summed E-state index contributed by atoms with van der Waals surface area (Å²) < 4.78 is 5.49. The number of carbonyl (C=O) groups excluding carboxylic acids is 1. The van der Waals surface area contributed by atoms with Crippen molar-refractivity contribution in [3.63, 3.8) is 0 Å². The molecule has 22 heavy (non-hydrogen) atoms. The van der Waals surface area contributed by atoms with E-state index in [1.807, 2.05) is 6.07 Å². The molecule has 2 aromatic rings.